The molecule has 10 unspecified atom stereocenters. The normalized spacial score (nSPS) is 46.7. The second kappa shape index (κ2) is 9.64. The molecule has 4 fully saturated rings. The molecule has 0 radical (unpaired) electrons. The Labute approximate surface area is 215 Å². The van der Waals surface area contributed by atoms with Crippen molar-refractivity contribution in [3.05, 3.63) is 11.6 Å². The van der Waals surface area contributed by atoms with Gasteiger partial charge in [-0.25, -0.2) is 4.79 Å². The van der Waals surface area contributed by atoms with Gasteiger partial charge in [-0.15, -0.1) is 0 Å². The molecule has 7 heteroatoms. The Hall–Kier alpha value is -0.990. The average Bonchev–Trinajstić information content (AvgIpc) is 3.38. The molecule has 5 rings (SSSR count). The summed E-state index contributed by atoms with van der Waals surface area (Å²) in [4.78, 5) is 11.8. The maximum Gasteiger partial charge on any atom is 0.331 e. The summed E-state index contributed by atoms with van der Waals surface area (Å²) in [5.74, 6) is 1.39. The Morgan fingerprint density at radius 1 is 1.08 bits per heavy atom. The number of cyclic esters (lactones) is 1. The topological polar surface area (TPSA) is 105 Å². The Balaban J connectivity index is 1.26. The number of hydrogen-bond acceptors (Lipinski definition) is 7. The summed E-state index contributed by atoms with van der Waals surface area (Å²) in [6.45, 7) is 8.44. The lowest BCUT2D eigenvalue weighted by Gasteiger charge is -2.63. The van der Waals surface area contributed by atoms with Crippen LogP contribution >= 0.6 is 0 Å². The summed E-state index contributed by atoms with van der Waals surface area (Å²) < 4.78 is 17.3. The van der Waals surface area contributed by atoms with Crippen LogP contribution in [0.5, 0.6) is 0 Å². The second-order valence-corrected chi connectivity index (χ2v) is 13.0. The van der Waals surface area contributed by atoms with Gasteiger partial charge in [-0.1, -0.05) is 13.8 Å². The minimum Gasteiger partial charge on any atom is -0.458 e. The van der Waals surface area contributed by atoms with Crippen molar-refractivity contribution in [1.29, 1.82) is 0 Å². The molecule has 0 saturated heterocycles. The SMILES string of the molecule is CC(OC1CCC2(C)C(CCC3C2CCC2(C)C(C4=CC(=O)OC4)CCC32O)C1)OC(C)[C@@H](O)CO. The van der Waals surface area contributed by atoms with E-state index in [1.54, 1.807) is 13.0 Å². The lowest BCUT2D eigenvalue weighted by molar-refractivity contribution is -0.232. The van der Waals surface area contributed by atoms with Crippen LogP contribution in [0.3, 0.4) is 0 Å². The molecular formula is C29H46O7. The van der Waals surface area contributed by atoms with Crippen molar-refractivity contribution in [3.8, 4) is 0 Å². The smallest absolute Gasteiger partial charge is 0.331 e. The van der Waals surface area contributed by atoms with Gasteiger partial charge in [0.15, 0.2) is 6.29 Å². The number of carbonyl (C=O) groups excluding carboxylic acids is 1. The van der Waals surface area contributed by atoms with Crippen molar-refractivity contribution in [2.45, 2.75) is 116 Å². The first-order valence-corrected chi connectivity index (χ1v) is 14.2. The van der Waals surface area contributed by atoms with E-state index in [1.165, 1.54) is 0 Å². The second-order valence-electron chi connectivity index (χ2n) is 13.0. The first-order valence-electron chi connectivity index (χ1n) is 14.2. The maximum absolute atomic E-state index is 12.4. The van der Waals surface area contributed by atoms with Crippen LogP contribution in [0.1, 0.15) is 85.5 Å². The van der Waals surface area contributed by atoms with Crippen LogP contribution < -0.4 is 0 Å². The Morgan fingerprint density at radius 3 is 2.56 bits per heavy atom. The van der Waals surface area contributed by atoms with E-state index < -0.39 is 24.1 Å². The van der Waals surface area contributed by atoms with Gasteiger partial charge in [-0.3, -0.25) is 0 Å². The molecule has 1 heterocycles. The van der Waals surface area contributed by atoms with Crippen LogP contribution in [0, 0.1) is 34.5 Å². The third-order valence-electron chi connectivity index (χ3n) is 11.5. The van der Waals surface area contributed by atoms with Crippen LogP contribution in [-0.2, 0) is 19.0 Å². The van der Waals surface area contributed by atoms with E-state index in [0.717, 1.165) is 63.4 Å². The van der Waals surface area contributed by atoms with Crippen LogP contribution in [0.15, 0.2) is 11.6 Å². The molecule has 11 atom stereocenters. The van der Waals surface area contributed by atoms with Gasteiger partial charge in [-0.2, -0.15) is 0 Å². The van der Waals surface area contributed by atoms with Gasteiger partial charge < -0.3 is 29.5 Å². The number of esters is 1. The number of carbonyl (C=O) groups is 1. The number of hydrogen-bond donors (Lipinski definition) is 3. The molecule has 0 aromatic rings. The predicted octanol–water partition coefficient (Wildman–Crippen LogP) is 3.73. The number of aliphatic hydroxyl groups excluding tert-OH is 2. The zero-order valence-electron chi connectivity index (χ0n) is 22.4. The summed E-state index contributed by atoms with van der Waals surface area (Å²) >= 11 is 0. The lowest BCUT2D eigenvalue weighted by Crippen LogP contribution is -2.62. The minimum atomic E-state index is -0.906. The highest BCUT2D eigenvalue weighted by atomic mass is 16.7. The van der Waals surface area contributed by atoms with E-state index in [-0.39, 0.29) is 35.4 Å². The van der Waals surface area contributed by atoms with Gasteiger partial charge in [0.05, 0.1) is 24.4 Å². The summed E-state index contributed by atoms with van der Waals surface area (Å²) in [7, 11) is 0. The highest BCUT2D eigenvalue weighted by Gasteiger charge is 2.67. The Kier molecular flexibility index (Phi) is 7.12. The highest BCUT2D eigenvalue weighted by Crippen LogP contribution is 2.70. The minimum absolute atomic E-state index is 0.132. The van der Waals surface area contributed by atoms with E-state index in [4.69, 9.17) is 19.3 Å². The fraction of sp³-hybridized carbons (Fsp3) is 0.897. The molecule has 36 heavy (non-hydrogen) atoms. The molecule has 3 N–H and O–H groups in total. The molecule has 0 amide bonds. The van der Waals surface area contributed by atoms with Crippen molar-refractivity contribution in [2.75, 3.05) is 13.2 Å². The van der Waals surface area contributed by atoms with Gasteiger partial charge in [0, 0.05) is 11.5 Å². The number of fused-ring (bicyclic) bond motifs is 5. The molecule has 4 saturated carbocycles. The molecule has 0 bridgehead atoms. The lowest BCUT2D eigenvalue weighted by atomic mass is 9.43. The van der Waals surface area contributed by atoms with Gasteiger partial charge in [-0.05, 0) is 106 Å². The molecule has 1 aliphatic heterocycles. The van der Waals surface area contributed by atoms with E-state index in [1.807, 2.05) is 6.92 Å². The molecule has 0 aromatic carbocycles. The fourth-order valence-electron chi connectivity index (χ4n) is 9.34. The van der Waals surface area contributed by atoms with Crippen molar-refractivity contribution >= 4 is 5.97 Å². The van der Waals surface area contributed by atoms with Crippen LogP contribution in [0.4, 0.5) is 0 Å². The molecule has 0 spiro atoms. The van der Waals surface area contributed by atoms with E-state index in [9.17, 15) is 15.0 Å². The first-order chi connectivity index (χ1) is 17.0. The standard InChI is InChI=1S/C29H46O7/c1-17(25(31)15-30)35-18(2)36-21-7-10-27(3)20(14-21)5-6-24-23(27)8-11-28(4)22(9-12-29(24,28)33)19-13-26(32)34-16-19/h13,17-18,20-25,30-31,33H,5-12,14-16H2,1-4H3/t17?,18?,20?,21?,22?,23?,24?,25-,27?,28?,29?/m0/s1. The van der Waals surface area contributed by atoms with Gasteiger partial charge in [0.1, 0.15) is 12.7 Å². The summed E-state index contributed by atoms with van der Waals surface area (Å²) in [6, 6.07) is 0. The number of aliphatic hydroxyl groups is 3. The monoisotopic (exact) mass is 506 g/mol. The average molecular weight is 507 g/mol. The van der Waals surface area contributed by atoms with Gasteiger partial charge >= 0.3 is 5.97 Å². The van der Waals surface area contributed by atoms with Gasteiger partial charge in [0.25, 0.3) is 0 Å². The molecule has 5 aliphatic rings. The van der Waals surface area contributed by atoms with E-state index >= 15 is 0 Å². The number of ether oxygens (including phenoxy) is 3. The summed E-state index contributed by atoms with van der Waals surface area (Å²) in [5, 5.41) is 31.3. The van der Waals surface area contributed by atoms with E-state index in [2.05, 4.69) is 13.8 Å². The fourth-order valence-corrected chi connectivity index (χ4v) is 9.34. The molecular weight excluding hydrogens is 460 g/mol. The zero-order valence-corrected chi connectivity index (χ0v) is 22.4. The van der Waals surface area contributed by atoms with E-state index in [0.29, 0.717) is 24.4 Å². The molecule has 4 aliphatic carbocycles. The van der Waals surface area contributed by atoms with Gasteiger partial charge in [0.2, 0.25) is 0 Å². The Morgan fingerprint density at radius 2 is 1.86 bits per heavy atom. The quantitative estimate of drug-likeness (QED) is 0.357. The maximum atomic E-state index is 12.4. The predicted molar refractivity (Wildman–Crippen MR) is 134 cm³/mol. The van der Waals surface area contributed by atoms with Crippen molar-refractivity contribution < 1.29 is 34.3 Å². The van der Waals surface area contributed by atoms with Crippen molar-refractivity contribution in [2.24, 2.45) is 34.5 Å². The largest absolute Gasteiger partial charge is 0.458 e. The van der Waals surface area contributed by atoms with Crippen LogP contribution in [0.25, 0.3) is 0 Å². The third-order valence-corrected chi connectivity index (χ3v) is 11.5. The number of rotatable bonds is 7. The van der Waals surface area contributed by atoms with Crippen LogP contribution in [0.2, 0.25) is 0 Å². The van der Waals surface area contributed by atoms with Crippen LogP contribution in [-0.4, -0.2) is 64.7 Å². The third kappa shape index (κ3) is 4.17. The summed E-state index contributed by atoms with van der Waals surface area (Å²) in [6.07, 6.45) is 9.14. The molecule has 204 valence electrons. The zero-order chi connectivity index (χ0) is 25.9. The molecule has 7 nitrogen and oxygen atoms in total. The van der Waals surface area contributed by atoms with Crippen molar-refractivity contribution in [1.82, 2.24) is 0 Å². The Bertz CT molecular complexity index is 874. The summed E-state index contributed by atoms with van der Waals surface area (Å²) in [5.41, 5.74) is 0.417. The highest BCUT2D eigenvalue weighted by molar-refractivity contribution is 5.85. The van der Waals surface area contributed by atoms with Crippen molar-refractivity contribution in [3.63, 3.8) is 0 Å². The first kappa shape index (κ1) is 26.6. The molecule has 0 aromatic heterocycles.